The highest BCUT2D eigenvalue weighted by molar-refractivity contribution is 5.51. The highest BCUT2D eigenvalue weighted by atomic mass is 14.9. The molecule has 0 saturated heterocycles. The lowest BCUT2D eigenvalue weighted by molar-refractivity contribution is 0.580. The van der Waals surface area contributed by atoms with Gasteiger partial charge in [-0.3, -0.25) is 0 Å². The molecule has 0 atom stereocenters. The molecule has 0 unspecified atom stereocenters. The van der Waals surface area contributed by atoms with E-state index in [0.717, 1.165) is 18.2 Å². The van der Waals surface area contributed by atoms with E-state index in [4.69, 9.17) is 5.73 Å². The van der Waals surface area contributed by atoms with Gasteiger partial charge >= 0.3 is 0 Å². The first kappa shape index (κ1) is 9.38. The molecule has 2 heteroatoms. The van der Waals surface area contributed by atoms with Crippen LogP contribution in [0.5, 0.6) is 0 Å². The van der Waals surface area contributed by atoms with Crippen LogP contribution in [0.2, 0.25) is 0 Å². The summed E-state index contributed by atoms with van der Waals surface area (Å²) in [6.45, 7) is 1.11. The second-order valence-electron chi connectivity index (χ2n) is 4.15. The lowest BCUT2D eigenvalue weighted by Gasteiger charge is -2.11. The predicted molar refractivity (Wildman–Crippen MR) is 61.3 cm³/mol. The Morgan fingerprint density at radius 2 is 1.79 bits per heavy atom. The largest absolute Gasteiger partial charge is 0.399 e. The standard InChI is InChI=1S/C12H18N2/c13-11-5-7-12(8-6-11)14-9-10-3-1-2-4-10/h5-8,10,14H,1-4,9,13H2. The summed E-state index contributed by atoms with van der Waals surface area (Å²) in [5, 5.41) is 3.46. The highest BCUT2D eigenvalue weighted by Gasteiger charge is 2.13. The molecule has 3 N–H and O–H groups in total. The zero-order valence-corrected chi connectivity index (χ0v) is 8.50. The van der Waals surface area contributed by atoms with Crippen molar-refractivity contribution in [3.8, 4) is 0 Å². The van der Waals surface area contributed by atoms with Gasteiger partial charge in [-0.15, -0.1) is 0 Å². The summed E-state index contributed by atoms with van der Waals surface area (Å²) in [5.41, 5.74) is 7.63. The summed E-state index contributed by atoms with van der Waals surface area (Å²) in [6, 6.07) is 7.97. The lowest BCUT2D eigenvalue weighted by atomic mass is 10.1. The van der Waals surface area contributed by atoms with Gasteiger partial charge in [0, 0.05) is 17.9 Å². The van der Waals surface area contributed by atoms with Crippen LogP contribution in [-0.4, -0.2) is 6.54 Å². The average Bonchev–Trinajstić information content (AvgIpc) is 2.70. The van der Waals surface area contributed by atoms with Gasteiger partial charge in [-0.2, -0.15) is 0 Å². The van der Waals surface area contributed by atoms with Crippen molar-refractivity contribution in [2.24, 2.45) is 5.92 Å². The van der Waals surface area contributed by atoms with Crippen molar-refractivity contribution >= 4 is 11.4 Å². The molecule has 1 aliphatic carbocycles. The van der Waals surface area contributed by atoms with Gasteiger partial charge in [-0.25, -0.2) is 0 Å². The number of hydrogen-bond donors (Lipinski definition) is 2. The molecule has 1 aromatic rings. The maximum Gasteiger partial charge on any atom is 0.0341 e. The lowest BCUT2D eigenvalue weighted by Crippen LogP contribution is -2.10. The van der Waals surface area contributed by atoms with Crippen LogP contribution < -0.4 is 11.1 Å². The second kappa shape index (κ2) is 4.36. The van der Waals surface area contributed by atoms with Crippen molar-refractivity contribution in [3.63, 3.8) is 0 Å². The monoisotopic (exact) mass is 190 g/mol. The molecule has 0 amide bonds. The van der Waals surface area contributed by atoms with Gasteiger partial charge in [0.2, 0.25) is 0 Å². The number of anilines is 2. The van der Waals surface area contributed by atoms with Crippen molar-refractivity contribution in [1.82, 2.24) is 0 Å². The van der Waals surface area contributed by atoms with Crippen LogP contribution in [0.15, 0.2) is 24.3 Å². The van der Waals surface area contributed by atoms with E-state index in [1.807, 2.05) is 24.3 Å². The summed E-state index contributed by atoms with van der Waals surface area (Å²) in [5.74, 6) is 0.882. The van der Waals surface area contributed by atoms with Crippen LogP contribution in [0, 0.1) is 5.92 Å². The first-order chi connectivity index (χ1) is 6.84. The van der Waals surface area contributed by atoms with Crippen molar-refractivity contribution in [3.05, 3.63) is 24.3 Å². The van der Waals surface area contributed by atoms with Crippen LogP contribution in [0.1, 0.15) is 25.7 Å². The number of nitrogens with one attached hydrogen (secondary N) is 1. The van der Waals surface area contributed by atoms with Gasteiger partial charge < -0.3 is 11.1 Å². The zero-order chi connectivity index (χ0) is 9.80. The Hall–Kier alpha value is -1.18. The molecule has 2 rings (SSSR count). The van der Waals surface area contributed by atoms with E-state index >= 15 is 0 Å². The Bertz CT molecular complexity index is 273. The average molecular weight is 190 g/mol. The van der Waals surface area contributed by atoms with Crippen LogP contribution >= 0.6 is 0 Å². The molecule has 2 nitrogen and oxygen atoms in total. The van der Waals surface area contributed by atoms with Gasteiger partial charge in [0.1, 0.15) is 0 Å². The fraction of sp³-hybridized carbons (Fsp3) is 0.500. The van der Waals surface area contributed by atoms with E-state index in [2.05, 4.69) is 5.32 Å². The van der Waals surface area contributed by atoms with Gasteiger partial charge in [-0.05, 0) is 43.0 Å². The third kappa shape index (κ3) is 2.41. The maximum atomic E-state index is 5.62. The summed E-state index contributed by atoms with van der Waals surface area (Å²) in [6.07, 6.45) is 5.60. The quantitative estimate of drug-likeness (QED) is 0.719. The van der Waals surface area contributed by atoms with Crippen LogP contribution in [0.25, 0.3) is 0 Å². The molecule has 0 aliphatic heterocycles. The molecule has 14 heavy (non-hydrogen) atoms. The molecule has 0 radical (unpaired) electrons. The van der Waals surface area contributed by atoms with Crippen molar-refractivity contribution < 1.29 is 0 Å². The molecule has 0 aromatic heterocycles. The Morgan fingerprint density at radius 3 is 2.43 bits per heavy atom. The third-order valence-corrected chi connectivity index (χ3v) is 2.98. The van der Waals surface area contributed by atoms with E-state index in [9.17, 15) is 0 Å². The van der Waals surface area contributed by atoms with E-state index in [1.165, 1.54) is 31.4 Å². The summed E-state index contributed by atoms with van der Waals surface area (Å²) >= 11 is 0. The Morgan fingerprint density at radius 1 is 1.14 bits per heavy atom. The fourth-order valence-electron chi connectivity index (χ4n) is 2.08. The smallest absolute Gasteiger partial charge is 0.0341 e. The number of nitrogens with two attached hydrogens (primary N) is 1. The van der Waals surface area contributed by atoms with Gasteiger partial charge in [0.25, 0.3) is 0 Å². The van der Waals surface area contributed by atoms with Gasteiger partial charge in [0.05, 0.1) is 0 Å². The minimum absolute atomic E-state index is 0.830. The Kier molecular flexibility index (Phi) is 2.92. The third-order valence-electron chi connectivity index (χ3n) is 2.98. The Balaban J connectivity index is 1.82. The SMILES string of the molecule is Nc1ccc(NCC2CCCC2)cc1. The minimum Gasteiger partial charge on any atom is -0.399 e. The molecular formula is C12H18N2. The molecule has 0 heterocycles. The Labute approximate surface area is 85.5 Å². The normalized spacial score (nSPS) is 17.1. The van der Waals surface area contributed by atoms with Crippen LogP contribution in [0.4, 0.5) is 11.4 Å². The number of rotatable bonds is 3. The second-order valence-corrected chi connectivity index (χ2v) is 4.15. The summed E-state index contributed by atoms with van der Waals surface area (Å²) in [7, 11) is 0. The fourth-order valence-corrected chi connectivity index (χ4v) is 2.08. The van der Waals surface area contributed by atoms with Crippen LogP contribution in [0.3, 0.4) is 0 Å². The van der Waals surface area contributed by atoms with Crippen molar-refractivity contribution in [1.29, 1.82) is 0 Å². The molecule has 0 bridgehead atoms. The minimum atomic E-state index is 0.830. The number of benzene rings is 1. The molecule has 0 spiro atoms. The molecule has 1 aromatic carbocycles. The van der Waals surface area contributed by atoms with E-state index in [1.54, 1.807) is 0 Å². The van der Waals surface area contributed by atoms with Gasteiger partial charge in [0.15, 0.2) is 0 Å². The maximum absolute atomic E-state index is 5.62. The molecule has 76 valence electrons. The molecule has 1 aliphatic rings. The zero-order valence-electron chi connectivity index (χ0n) is 8.50. The van der Waals surface area contributed by atoms with E-state index in [-0.39, 0.29) is 0 Å². The highest BCUT2D eigenvalue weighted by Crippen LogP contribution is 2.25. The van der Waals surface area contributed by atoms with Crippen LogP contribution in [-0.2, 0) is 0 Å². The number of nitrogen functional groups attached to an aromatic ring is 1. The number of hydrogen-bond acceptors (Lipinski definition) is 2. The topological polar surface area (TPSA) is 38.0 Å². The van der Waals surface area contributed by atoms with E-state index < -0.39 is 0 Å². The predicted octanol–water partition coefficient (Wildman–Crippen LogP) is 2.87. The molecule has 1 fully saturated rings. The van der Waals surface area contributed by atoms with E-state index in [0.29, 0.717) is 0 Å². The van der Waals surface area contributed by atoms with Gasteiger partial charge in [-0.1, -0.05) is 12.8 Å². The summed E-state index contributed by atoms with van der Waals surface area (Å²) in [4.78, 5) is 0. The summed E-state index contributed by atoms with van der Waals surface area (Å²) < 4.78 is 0. The first-order valence-electron chi connectivity index (χ1n) is 5.44. The van der Waals surface area contributed by atoms with Crippen molar-refractivity contribution in [2.75, 3.05) is 17.6 Å². The molecule has 1 saturated carbocycles. The van der Waals surface area contributed by atoms with Crippen molar-refractivity contribution in [2.45, 2.75) is 25.7 Å². The molecular weight excluding hydrogens is 172 g/mol. The first-order valence-corrected chi connectivity index (χ1v) is 5.44.